The Balaban J connectivity index is 4.00. The van der Waals surface area contributed by atoms with E-state index in [9.17, 15) is 18.0 Å². The van der Waals surface area contributed by atoms with Crippen molar-refractivity contribution in [2.75, 3.05) is 13.1 Å². The van der Waals surface area contributed by atoms with E-state index >= 15 is 0 Å². The van der Waals surface area contributed by atoms with Crippen LogP contribution in [-0.2, 0) is 0 Å². The van der Waals surface area contributed by atoms with Crippen molar-refractivity contribution < 1.29 is 18.0 Å². The van der Waals surface area contributed by atoms with Crippen molar-refractivity contribution in [3.8, 4) is 0 Å². The highest BCUT2D eigenvalue weighted by atomic mass is 19.4. The third-order valence-corrected chi connectivity index (χ3v) is 1.47. The number of nitrogens with two attached hydrogens (primary N) is 1. The molecular weight excluding hydrogens is 199 g/mol. The third-order valence-electron chi connectivity index (χ3n) is 1.47. The second-order valence-corrected chi connectivity index (χ2v) is 2.73. The van der Waals surface area contributed by atoms with Gasteiger partial charge in [-0.2, -0.15) is 13.2 Å². The number of nitrogens with one attached hydrogen (secondary N) is 2. The van der Waals surface area contributed by atoms with Gasteiger partial charge in [0.15, 0.2) is 0 Å². The zero-order valence-electron chi connectivity index (χ0n) is 7.82. The number of urea groups is 1. The molecule has 0 aromatic rings. The summed E-state index contributed by atoms with van der Waals surface area (Å²) in [6.45, 7) is 1.47. The van der Waals surface area contributed by atoms with E-state index in [4.69, 9.17) is 5.73 Å². The first-order valence-electron chi connectivity index (χ1n) is 4.23. The van der Waals surface area contributed by atoms with Gasteiger partial charge in [0.05, 0.1) is 0 Å². The second kappa shape index (κ2) is 5.69. The summed E-state index contributed by atoms with van der Waals surface area (Å²) in [7, 11) is 0. The van der Waals surface area contributed by atoms with E-state index in [-0.39, 0.29) is 0 Å². The smallest absolute Gasteiger partial charge is 0.338 e. The number of carbonyl (C=O) groups excluding carboxylic acids is 1. The Morgan fingerprint density at radius 3 is 2.43 bits per heavy atom. The van der Waals surface area contributed by atoms with Crippen LogP contribution in [0.4, 0.5) is 18.0 Å². The lowest BCUT2D eigenvalue weighted by molar-refractivity contribution is -0.150. The minimum atomic E-state index is -4.50. The van der Waals surface area contributed by atoms with E-state index in [2.05, 4.69) is 5.32 Å². The van der Waals surface area contributed by atoms with E-state index < -0.39 is 24.8 Å². The van der Waals surface area contributed by atoms with Crippen LogP contribution in [0.3, 0.4) is 0 Å². The Kier molecular flexibility index (Phi) is 5.29. The lowest BCUT2D eigenvalue weighted by atomic mass is 10.3. The molecule has 0 saturated carbocycles. The van der Waals surface area contributed by atoms with Crippen LogP contribution in [0.5, 0.6) is 0 Å². The van der Waals surface area contributed by atoms with Gasteiger partial charge in [-0.1, -0.05) is 6.92 Å². The topological polar surface area (TPSA) is 67.2 Å². The molecule has 84 valence electrons. The van der Waals surface area contributed by atoms with E-state index in [0.29, 0.717) is 13.0 Å². The maximum absolute atomic E-state index is 12.1. The summed E-state index contributed by atoms with van der Waals surface area (Å²) in [6, 6.07) is -2.83. The van der Waals surface area contributed by atoms with E-state index in [1.165, 1.54) is 0 Å². The molecule has 0 aromatic carbocycles. The van der Waals surface area contributed by atoms with Gasteiger partial charge in [-0.05, 0) is 6.42 Å². The average molecular weight is 213 g/mol. The number of rotatable bonds is 4. The summed E-state index contributed by atoms with van der Waals surface area (Å²) in [5, 5.41) is 4.00. The predicted octanol–water partition coefficient (Wildman–Crippen LogP) is 0.585. The average Bonchev–Trinajstić information content (AvgIpc) is 2.08. The van der Waals surface area contributed by atoms with Gasteiger partial charge in [-0.15, -0.1) is 0 Å². The molecule has 0 bridgehead atoms. The summed E-state index contributed by atoms with van der Waals surface area (Å²) < 4.78 is 36.2. The molecule has 2 amide bonds. The fourth-order valence-electron chi connectivity index (χ4n) is 0.722. The maximum atomic E-state index is 12.1. The summed E-state index contributed by atoms with van der Waals surface area (Å²) in [5.74, 6) is 0. The van der Waals surface area contributed by atoms with Crippen LogP contribution in [0.2, 0.25) is 0 Å². The molecule has 4 nitrogen and oxygen atoms in total. The minimum Gasteiger partial charge on any atom is -0.338 e. The van der Waals surface area contributed by atoms with Crippen molar-refractivity contribution in [1.82, 2.24) is 10.6 Å². The molecule has 0 aliphatic heterocycles. The molecule has 0 fully saturated rings. The van der Waals surface area contributed by atoms with Gasteiger partial charge in [0.1, 0.15) is 6.04 Å². The van der Waals surface area contributed by atoms with Crippen LogP contribution < -0.4 is 16.4 Å². The molecule has 1 atom stereocenters. The molecule has 4 N–H and O–H groups in total. The highest BCUT2D eigenvalue weighted by molar-refractivity contribution is 5.74. The van der Waals surface area contributed by atoms with Gasteiger partial charge in [0, 0.05) is 13.1 Å². The second-order valence-electron chi connectivity index (χ2n) is 2.73. The molecule has 0 aliphatic rings. The summed E-state index contributed by atoms with van der Waals surface area (Å²) in [4.78, 5) is 10.8. The molecule has 0 saturated heterocycles. The van der Waals surface area contributed by atoms with Gasteiger partial charge >= 0.3 is 12.2 Å². The normalized spacial score (nSPS) is 13.5. The first-order chi connectivity index (χ1) is 6.41. The van der Waals surface area contributed by atoms with Gasteiger partial charge in [0.25, 0.3) is 0 Å². The summed E-state index contributed by atoms with van der Waals surface area (Å²) in [6.07, 6.45) is -3.84. The zero-order valence-corrected chi connectivity index (χ0v) is 7.82. The Labute approximate surface area is 80.0 Å². The van der Waals surface area contributed by atoms with Crippen molar-refractivity contribution >= 4 is 6.03 Å². The maximum Gasteiger partial charge on any atom is 0.409 e. The zero-order chi connectivity index (χ0) is 11.2. The predicted molar refractivity (Wildman–Crippen MR) is 45.7 cm³/mol. The monoisotopic (exact) mass is 213 g/mol. The molecule has 1 unspecified atom stereocenters. The minimum absolute atomic E-state index is 0.334. The summed E-state index contributed by atoms with van der Waals surface area (Å²) >= 11 is 0. The van der Waals surface area contributed by atoms with Crippen LogP contribution in [0.25, 0.3) is 0 Å². The van der Waals surface area contributed by atoms with Gasteiger partial charge in [-0.25, -0.2) is 4.79 Å². The molecular formula is C7H14F3N3O. The molecule has 0 aromatic heterocycles. The number of alkyl halides is 3. The number of carbonyl (C=O) groups is 1. The number of hydrogen-bond donors (Lipinski definition) is 3. The van der Waals surface area contributed by atoms with Crippen molar-refractivity contribution in [1.29, 1.82) is 0 Å². The highest BCUT2D eigenvalue weighted by Gasteiger charge is 2.39. The fourth-order valence-corrected chi connectivity index (χ4v) is 0.722. The molecule has 14 heavy (non-hydrogen) atoms. The Bertz CT molecular complexity index is 184. The number of hydrogen-bond acceptors (Lipinski definition) is 2. The van der Waals surface area contributed by atoms with Crippen LogP contribution in [-0.4, -0.2) is 31.3 Å². The molecule has 0 aliphatic carbocycles. The van der Waals surface area contributed by atoms with Crippen LogP contribution >= 0.6 is 0 Å². The molecule has 0 heterocycles. The quantitative estimate of drug-likeness (QED) is 0.639. The van der Waals surface area contributed by atoms with Gasteiger partial charge in [-0.3, -0.25) is 0 Å². The van der Waals surface area contributed by atoms with Crippen molar-refractivity contribution in [3.05, 3.63) is 0 Å². The third kappa shape index (κ3) is 4.90. The lowest BCUT2D eigenvalue weighted by Crippen LogP contribution is -2.53. The molecule has 0 radical (unpaired) electrons. The Morgan fingerprint density at radius 1 is 1.50 bits per heavy atom. The Morgan fingerprint density at radius 2 is 2.07 bits per heavy atom. The highest BCUT2D eigenvalue weighted by Crippen LogP contribution is 2.18. The van der Waals surface area contributed by atoms with Crippen molar-refractivity contribution in [2.24, 2.45) is 5.73 Å². The Hall–Kier alpha value is -0.980. The number of amides is 2. The van der Waals surface area contributed by atoms with Gasteiger partial charge in [0.2, 0.25) is 0 Å². The molecule has 7 heteroatoms. The lowest BCUT2D eigenvalue weighted by Gasteiger charge is -2.19. The van der Waals surface area contributed by atoms with E-state index in [0.717, 1.165) is 0 Å². The van der Waals surface area contributed by atoms with E-state index in [1.54, 1.807) is 12.2 Å². The van der Waals surface area contributed by atoms with Crippen LogP contribution in [0.15, 0.2) is 0 Å². The first kappa shape index (κ1) is 13.0. The summed E-state index contributed by atoms with van der Waals surface area (Å²) in [5.41, 5.74) is 4.87. The largest absolute Gasteiger partial charge is 0.409 e. The van der Waals surface area contributed by atoms with Crippen molar-refractivity contribution in [3.63, 3.8) is 0 Å². The number of halogens is 3. The van der Waals surface area contributed by atoms with Crippen molar-refractivity contribution in [2.45, 2.75) is 25.6 Å². The van der Waals surface area contributed by atoms with Crippen LogP contribution in [0.1, 0.15) is 13.3 Å². The molecule has 0 spiro atoms. The standard InChI is InChI=1S/C7H14F3N3O/c1-2-3-12-6(14)13-5(4-11)7(8,9)10/h5H,2-4,11H2,1H3,(H2,12,13,14). The first-order valence-corrected chi connectivity index (χ1v) is 4.23. The van der Waals surface area contributed by atoms with E-state index in [1.807, 2.05) is 0 Å². The van der Waals surface area contributed by atoms with Gasteiger partial charge < -0.3 is 16.4 Å². The molecule has 0 rings (SSSR count). The van der Waals surface area contributed by atoms with Crippen LogP contribution in [0, 0.1) is 0 Å². The fraction of sp³-hybridized carbons (Fsp3) is 0.857. The SMILES string of the molecule is CCCNC(=O)NC(CN)C(F)(F)F.